The molecule has 0 saturated heterocycles. The summed E-state index contributed by atoms with van der Waals surface area (Å²) in [5.74, 6) is 1.09. The Kier molecular flexibility index (Phi) is 7.86. The van der Waals surface area contributed by atoms with Crippen LogP contribution in [0.15, 0.2) is 48.5 Å². The number of esters is 1. The van der Waals surface area contributed by atoms with Gasteiger partial charge in [0.1, 0.15) is 5.75 Å². The molecule has 1 atom stereocenters. The van der Waals surface area contributed by atoms with Crippen molar-refractivity contribution in [2.75, 3.05) is 13.7 Å². The number of sulfonamides is 1. The minimum absolute atomic E-state index is 0.138. The fourth-order valence-corrected chi connectivity index (χ4v) is 3.55. The number of hydrogen-bond acceptors (Lipinski definition) is 6. The Morgan fingerprint density at radius 3 is 2.33 bits per heavy atom. The molecule has 164 valence electrons. The molecule has 8 heteroatoms. The molecule has 0 aliphatic rings. The third-order valence-corrected chi connectivity index (χ3v) is 6.54. The third-order valence-electron chi connectivity index (χ3n) is 4.34. The number of ether oxygens (including phenoxy) is 3. The maximum absolute atomic E-state index is 12.7. The first-order valence-corrected chi connectivity index (χ1v) is 11.1. The molecule has 7 nitrogen and oxygen atoms in total. The van der Waals surface area contributed by atoms with Crippen molar-refractivity contribution in [3.05, 3.63) is 54.1 Å². The van der Waals surface area contributed by atoms with Gasteiger partial charge >= 0.3 is 5.97 Å². The molecule has 0 aliphatic carbocycles. The summed E-state index contributed by atoms with van der Waals surface area (Å²) in [4.78, 5) is 12.1. The summed E-state index contributed by atoms with van der Waals surface area (Å²) in [7, 11) is -2.16. The molecule has 0 bridgehead atoms. The number of carbonyl (C=O) groups excluding carboxylic acids is 1. The second-order valence-corrected chi connectivity index (χ2v) is 10.1. The lowest BCUT2D eigenvalue weighted by atomic mass is 10.0. The molecular formula is C22H29NO6S. The molecule has 2 aromatic rings. The number of methoxy groups -OCH3 is 1. The number of nitrogens with one attached hydrogen (secondary N) is 1. The quantitative estimate of drug-likeness (QED) is 0.594. The van der Waals surface area contributed by atoms with Gasteiger partial charge in [-0.3, -0.25) is 4.79 Å². The summed E-state index contributed by atoms with van der Waals surface area (Å²) in [6, 6.07) is 13.3. The SMILES string of the molecule is CCOC(=O)C[C@H](NS(=O)(=O)C(C)(C)C)c1cccc(Oc2ccccc2OC)c1. The van der Waals surface area contributed by atoms with E-state index in [-0.39, 0.29) is 13.0 Å². The van der Waals surface area contributed by atoms with Crippen molar-refractivity contribution in [3.63, 3.8) is 0 Å². The molecule has 0 aromatic heterocycles. The van der Waals surface area contributed by atoms with E-state index in [4.69, 9.17) is 14.2 Å². The lowest BCUT2D eigenvalue weighted by Crippen LogP contribution is -2.41. The van der Waals surface area contributed by atoms with E-state index in [0.29, 0.717) is 22.8 Å². The van der Waals surface area contributed by atoms with E-state index in [0.717, 1.165) is 0 Å². The summed E-state index contributed by atoms with van der Waals surface area (Å²) >= 11 is 0. The first kappa shape index (κ1) is 23.7. The number of rotatable bonds is 9. The van der Waals surface area contributed by atoms with Gasteiger partial charge in [0.2, 0.25) is 10.0 Å². The zero-order chi connectivity index (χ0) is 22.4. The maximum atomic E-state index is 12.7. The van der Waals surface area contributed by atoms with Gasteiger partial charge in [-0.15, -0.1) is 0 Å². The molecular weight excluding hydrogens is 406 g/mol. The van der Waals surface area contributed by atoms with E-state index >= 15 is 0 Å². The van der Waals surface area contributed by atoms with Crippen molar-refractivity contribution >= 4 is 16.0 Å². The highest BCUT2D eigenvalue weighted by atomic mass is 32.2. The van der Waals surface area contributed by atoms with Gasteiger partial charge in [0.05, 0.1) is 30.9 Å². The normalized spacial score (nSPS) is 12.8. The summed E-state index contributed by atoms with van der Waals surface area (Å²) in [5, 5.41) is 0. The molecule has 0 aliphatic heterocycles. The van der Waals surface area contributed by atoms with Crippen LogP contribution in [-0.2, 0) is 19.6 Å². The monoisotopic (exact) mass is 435 g/mol. The molecule has 0 radical (unpaired) electrons. The van der Waals surface area contributed by atoms with E-state index in [9.17, 15) is 13.2 Å². The summed E-state index contributed by atoms with van der Waals surface area (Å²) in [6.07, 6.45) is -0.138. The zero-order valence-corrected chi connectivity index (χ0v) is 18.8. The highest BCUT2D eigenvalue weighted by Crippen LogP contribution is 2.33. The Morgan fingerprint density at radius 1 is 1.07 bits per heavy atom. The van der Waals surface area contributed by atoms with E-state index in [2.05, 4.69) is 4.72 Å². The van der Waals surface area contributed by atoms with Crippen molar-refractivity contribution < 1.29 is 27.4 Å². The van der Waals surface area contributed by atoms with Crippen LogP contribution >= 0.6 is 0 Å². The lowest BCUT2D eigenvalue weighted by Gasteiger charge is -2.25. The minimum atomic E-state index is -3.71. The summed E-state index contributed by atoms with van der Waals surface area (Å²) in [5.41, 5.74) is 0.586. The van der Waals surface area contributed by atoms with Gasteiger partial charge in [-0.05, 0) is 57.5 Å². The first-order valence-electron chi connectivity index (χ1n) is 9.65. The van der Waals surface area contributed by atoms with Gasteiger partial charge in [0.25, 0.3) is 0 Å². The van der Waals surface area contributed by atoms with Gasteiger partial charge in [-0.1, -0.05) is 24.3 Å². The largest absolute Gasteiger partial charge is 0.493 e. The van der Waals surface area contributed by atoms with Crippen LogP contribution in [0.25, 0.3) is 0 Å². The third kappa shape index (κ3) is 6.21. The molecule has 0 unspecified atom stereocenters. The van der Waals surface area contributed by atoms with Gasteiger partial charge in [0.15, 0.2) is 11.5 Å². The summed E-state index contributed by atoms with van der Waals surface area (Å²) in [6.45, 7) is 6.70. The van der Waals surface area contributed by atoms with Crippen molar-refractivity contribution in [2.24, 2.45) is 0 Å². The molecule has 30 heavy (non-hydrogen) atoms. The topological polar surface area (TPSA) is 90.9 Å². The van der Waals surface area contributed by atoms with Crippen LogP contribution in [-0.4, -0.2) is 32.9 Å². The second kappa shape index (κ2) is 9.95. The Hall–Kier alpha value is -2.58. The lowest BCUT2D eigenvalue weighted by molar-refractivity contribution is -0.143. The molecule has 1 N–H and O–H groups in total. The van der Waals surface area contributed by atoms with Crippen molar-refractivity contribution in [2.45, 2.75) is 44.9 Å². The molecule has 2 aromatic carbocycles. The van der Waals surface area contributed by atoms with Gasteiger partial charge in [-0.25, -0.2) is 13.1 Å². The predicted octanol–water partition coefficient (Wildman–Crippen LogP) is 4.20. The molecule has 0 fully saturated rings. The van der Waals surface area contributed by atoms with Crippen LogP contribution in [0.2, 0.25) is 0 Å². The fourth-order valence-electron chi connectivity index (χ4n) is 2.60. The number of hydrogen-bond donors (Lipinski definition) is 1. The number of benzene rings is 2. The van der Waals surface area contributed by atoms with Crippen molar-refractivity contribution in [1.29, 1.82) is 0 Å². The fraction of sp³-hybridized carbons (Fsp3) is 0.409. The highest BCUT2D eigenvalue weighted by Gasteiger charge is 2.33. The molecule has 0 heterocycles. The maximum Gasteiger partial charge on any atom is 0.307 e. The molecule has 0 spiro atoms. The molecule has 2 rings (SSSR count). The Morgan fingerprint density at radius 2 is 1.73 bits per heavy atom. The first-order chi connectivity index (χ1) is 14.1. The van der Waals surface area contributed by atoms with Crippen LogP contribution in [0.5, 0.6) is 17.2 Å². The van der Waals surface area contributed by atoms with Crippen LogP contribution in [0.3, 0.4) is 0 Å². The second-order valence-electron chi connectivity index (χ2n) is 7.62. The van der Waals surface area contributed by atoms with E-state index in [1.807, 2.05) is 12.1 Å². The Balaban J connectivity index is 2.36. The van der Waals surface area contributed by atoms with Crippen LogP contribution in [0.4, 0.5) is 0 Å². The highest BCUT2D eigenvalue weighted by molar-refractivity contribution is 7.90. The average molecular weight is 436 g/mol. The van der Waals surface area contributed by atoms with Crippen LogP contribution in [0, 0.1) is 0 Å². The predicted molar refractivity (Wildman–Crippen MR) is 115 cm³/mol. The van der Waals surface area contributed by atoms with Gasteiger partial charge < -0.3 is 14.2 Å². The number of para-hydroxylation sites is 2. The van der Waals surface area contributed by atoms with Crippen molar-refractivity contribution in [1.82, 2.24) is 4.72 Å². The number of carbonyl (C=O) groups is 1. The van der Waals surface area contributed by atoms with E-state index < -0.39 is 26.8 Å². The van der Waals surface area contributed by atoms with Crippen molar-refractivity contribution in [3.8, 4) is 17.2 Å². The van der Waals surface area contributed by atoms with Crippen LogP contribution < -0.4 is 14.2 Å². The van der Waals surface area contributed by atoms with Gasteiger partial charge in [-0.2, -0.15) is 0 Å². The molecule has 0 amide bonds. The molecule has 0 saturated carbocycles. The van der Waals surface area contributed by atoms with Gasteiger partial charge in [0, 0.05) is 0 Å². The van der Waals surface area contributed by atoms with E-state index in [1.165, 1.54) is 0 Å². The average Bonchev–Trinajstić information content (AvgIpc) is 2.67. The smallest absolute Gasteiger partial charge is 0.307 e. The zero-order valence-electron chi connectivity index (χ0n) is 18.0. The minimum Gasteiger partial charge on any atom is -0.493 e. The van der Waals surface area contributed by atoms with E-state index in [1.54, 1.807) is 71.2 Å². The van der Waals surface area contributed by atoms with Crippen LogP contribution in [0.1, 0.15) is 45.7 Å². The summed E-state index contributed by atoms with van der Waals surface area (Å²) < 4.78 is 43.3. The Labute approximate surface area is 178 Å². The standard InChI is InChI=1S/C22H29NO6S/c1-6-28-21(24)15-18(23-30(25,26)22(2,3)4)16-10-9-11-17(14-16)29-20-13-8-7-12-19(20)27-5/h7-14,18,23H,6,15H2,1-5H3/t18-/m0/s1. The Bertz CT molecular complexity index is 966.